The smallest absolute Gasteiger partial charge is 0.0783 e. The van der Waals surface area contributed by atoms with E-state index in [1.165, 1.54) is 80.9 Å². The zero-order valence-corrected chi connectivity index (χ0v) is 16.4. The SMILES string of the molecule is CCCCCCCCn1cc(CCC[N+](C)(C)C)c2ccccc21. The van der Waals surface area contributed by atoms with Crippen molar-refractivity contribution in [1.82, 2.24) is 4.57 Å². The number of nitrogens with zero attached hydrogens (tertiary/aromatic N) is 2. The van der Waals surface area contributed by atoms with Crippen LogP contribution >= 0.6 is 0 Å². The Balaban J connectivity index is 1.95. The first-order chi connectivity index (χ1) is 11.5. The third kappa shape index (κ3) is 5.98. The average Bonchev–Trinajstić information content (AvgIpc) is 2.88. The summed E-state index contributed by atoms with van der Waals surface area (Å²) < 4.78 is 3.55. The number of para-hydroxylation sites is 1. The molecule has 0 radical (unpaired) electrons. The molecule has 0 atom stereocenters. The van der Waals surface area contributed by atoms with Crippen molar-refractivity contribution < 1.29 is 4.48 Å². The highest BCUT2D eigenvalue weighted by molar-refractivity contribution is 5.83. The molecule has 0 spiro atoms. The molecule has 1 aromatic heterocycles. The fraction of sp³-hybridized carbons (Fsp3) is 0.636. The number of fused-ring (bicyclic) bond motifs is 1. The van der Waals surface area contributed by atoms with E-state index in [4.69, 9.17) is 0 Å². The van der Waals surface area contributed by atoms with Gasteiger partial charge in [-0.05, 0) is 24.5 Å². The summed E-state index contributed by atoms with van der Waals surface area (Å²) >= 11 is 0. The number of hydrogen-bond donors (Lipinski definition) is 0. The molecule has 2 nitrogen and oxygen atoms in total. The van der Waals surface area contributed by atoms with E-state index in [1.807, 2.05) is 0 Å². The van der Waals surface area contributed by atoms with Crippen LogP contribution in [0.1, 0.15) is 57.4 Å². The minimum absolute atomic E-state index is 1.05. The lowest BCUT2D eigenvalue weighted by Gasteiger charge is -2.23. The average molecular weight is 330 g/mol. The Hall–Kier alpha value is -1.28. The molecule has 1 aromatic carbocycles. The molecule has 0 aliphatic rings. The van der Waals surface area contributed by atoms with Gasteiger partial charge in [-0.15, -0.1) is 0 Å². The maximum Gasteiger partial charge on any atom is 0.0783 e. The van der Waals surface area contributed by atoms with Crippen molar-refractivity contribution >= 4 is 10.9 Å². The van der Waals surface area contributed by atoms with E-state index in [0.717, 1.165) is 4.48 Å². The van der Waals surface area contributed by atoms with Gasteiger partial charge in [-0.25, -0.2) is 0 Å². The Morgan fingerprint density at radius 1 is 0.875 bits per heavy atom. The fourth-order valence-electron chi connectivity index (χ4n) is 3.51. The van der Waals surface area contributed by atoms with E-state index < -0.39 is 0 Å². The number of hydrogen-bond acceptors (Lipinski definition) is 0. The van der Waals surface area contributed by atoms with Gasteiger partial charge in [0.25, 0.3) is 0 Å². The second-order valence-electron chi connectivity index (χ2n) is 8.25. The molecule has 0 aliphatic carbocycles. The van der Waals surface area contributed by atoms with Gasteiger partial charge in [0.2, 0.25) is 0 Å². The van der Waals surface area contributed by atoms with E-state index in [2.05, 4.69) is 63.1 Å². The third-order valence-electron chi connectivity index (χ3n) is 4.90. The second kappa shape index (κ2) is 9.27. The standard InChI is InChI=1S/C22H37N2/c1-5-6-7-8-9-12-17-23-19-20(14-13-18-24(2,3)4)21-15-10-11-16-22(21)23/h10-11,15-16,19H,5-9,12-14,17-18H2,1-4H3/q+1. The van der Waals surface area contributed by atoms with E-state index >= 15 is 0 Å². The summed E-state index contributed by atoms with van der Waals surface area (Å²) in [6.45, 7) is 4.69. The predicted molar refractivity (Wildman–Crippen MR) is 107 cm³/mol. The largest absolute Gasteiger partial charge is 0.347 e. The number of aryl methyl sites for hydroxylation is 2. The third-order valence-corrected chi connectivity index (χ3v) is 4.90. The molecule has 0 bridgehead atoms. The maximum atomic E-state index is 2.50. The van der Waals surface area contributed by atoms with Crippen LogP contribution < -0.4 is 0 Å². The Morgan fingerprint density at radius 2 is 1.58 bits per heavy atom. The molecular formula is C22H37N2+. The molecule has 1 heterocycles. The molecular weight excluding hydrogens is 292 g/mol. The van der Waals surface area contributed by atoms with Crippen LogP contribution in [0.5, 0.6) is 0 Å². The number of benzene rings is 1. The molecule has 0 N–H and O–H groups in total. The van der Waals surface area contributed by atoms with Crippen LogP contribution in [-0.4, -0.2) is 36.7 Å². The summed E-state index contributed by atoms with van der Waals surface area (Å²) in [5, 5.41) is 1.46. The normalized spacial score (nSPS) is 12.2. The highest BCUT2D eigenvalue weighted by Crippen LogP contribution is 2.23. The first-order valence-corrected chi connectivity index (χ1v) is 9.88. The molecule has 0 aliphatic heterocycles. The van der Waals surface area contributed by atoms with E-state index in [0.29, 0.717) is 0 Å². The predicted octanol–water partition coefficient (Wildman–Crippen LogP) is 5.64. The molecule has 2 aromatic rings. The Morgan fingerprint density at radius 3 is 2.33 bits per heavy atom. The summed E-state index contributed by atoms with van der Waals surface area (Å²) in [5.41, 5.74) is 2.95. The highest BCUT2D eigenvalue weighted by atomic mass is 15.3. The van der Waals surface area contributed by atoms with Crippen molar-refractivity contribution in [2.24, 2.45) is 0 Å². The van der Waals surface area contributed by atoms with Crippen LogP contribution in [-0.2, 0) is 13.0 Å². The highest BCUT2D eigenvalue weighted by Gasteiger charge is 2.11. The van der Waals surface area contributed by atoms with Crippen molar-refractivity contribution in [3.05, 3.63) is 36.0 Å². The molecule has 134 valence electrons. The van der Waals surface area contributed by atoms with Gasteiger partial charge in [0.1, 0.15) is 0 Å². The minimum Gasteiger partial charge on any atom is -0.347 e. The van der Waals surface area contributed by atoms with Gasteiger partial charge in [-0.1, -0.05) is 57.2 Å². The van der Waals surface area contributed by atoms with Gasteiger partial charge in [-0.3, -0.25) is 0 Å². The second-order valence-corrected chi connectivity index (χ2v) is 8.25. The number of unbranched alkanes of at least 4 members (excludes halogenated alkanes) is 5. The number of quaternary nitrogens is 1. The molecule has 0 saturated heterocycles. The van der Waals surface area contributed by atoms with Gasteiger partial charge < -0.3 is 9.05 Å². The topological polar surface area (TPSA) is 4.93 Å². The molecule has 0 unspecified atom stereocenters. The molecule has 0 saturated carbocycles. The zero-order chi connectivity index (χ0) is 17.4. The monoisotopic (exact) mass is 329 g/mol. The molecule has 24 heavy (non-hydrogen) atoms. The van der Waals surface area contributed by atoms with Crippen molar-refractivity contribution in [3.63, 3.8) is 0 Å². The summed E-state index contributed by atoms with van der Waals surface area (Å²) in [7, 11) is 6.84. The van der Waals surface area contributed by atoms with E-state index in [-0.39, 0.29) is 0 Å². The summed E-state index contributed by atoms with van der Waals surface area (Å²) in [4.78, 5) is 0. The first kappa shape index (κ1) is 19.1. The molecule has 0 fully saturated rings. The Bertz CT molecular complexity index is 604. The van der Waals surface area contributed by atoms with Crippen LogP contribution in [0.4, 0.5) is 0 Å². The van der Waals surface area contributed by atoms with Crippen LogP contribution in [0.2, 0.25) is 0 Å². The lowest BCUT2D eigenvalue weighted by molar-refractivity contribution is -0.870. The van der Waals surface area contributed by atoms with Crippen LogP contribution in [0.25, 0.3) is 10.9 Å². The van der Waals surface area contributed by atoms with Gasteiger partial charge in [0, 0.05) is 30.1 Å². The van der Waals surface area contributed by atoms with Gasteiger partial charge in [0.05, 0.1) is 27.7 Å². The van der Waals surface area contributed by atoms with Crippen molar-refractivity contribution in [2.45, 2.75) is 64.8 Å². The van der Waals surface area contributed by atoms with Gasteiger partial charge >= 0.3 is 0 Å². The van der Waals surface area contributed by atoms with Crippen LogP contribution in [0, 0.1) is 0 Å². The van der Waals surface area contributed by atoms with Crippen LogP contribution in [0.15, 0.2) is 30.5 Å². The summed E-state index contributed by atoms with van der Waals surface area (Å²) in [6, 6.07) is 8.95. The maximum absolute atomic E-state index is 2.50. The lowest BCUT2D eigenvalue weighted by Crippen LogP contribution is -2.35. The number of rotatable bonds is 11. The summed E-state index contributed by atoms with van der Waals surface area (Å²) in [5.74, 6) is 0. The molecule has 2 heteroatoms. The quantitative estimate of drug-likeness (QED) is 0.371. The minimum atomic E-state index is 1.05. The first-order valence-electron chi connectivity index (χ1n) is 9.88. The summed E-state index contributed by atoms with van der Waals surface area (Å²) in [6.07, 6.45) is 13.1. The zero-order valence-electron chi connectivity index (χ0n) is 16.4. The van der Waals surface area contributed by atoms with E-state index in [1.54, 1.807) is 0 Å². The van der Waals surface area contributed by atoms with Crippen LogP contribution in [0.3, 0.4) is 0 Å². The van der Waals surface area contributed by atoms with Gasteiger partial charge in [-0.2, -0.15) is 0 Å². The van der Waals surface area contributed by atoms with Crippen molar-refractivity contribution in [1.29, 1.82) is 0 Å². The Kier molecular flexibility index (Phi) is 7.36. The van der Waals surface area contributed by atoms with E-state index in [9.17, 15) is 0 Å². The fourth-order valence-corrected chi connectivity index (χ4v) is 3.51. The number of aromatic nitrogens is 1. The van der Waals surface area contributed by atoms with Crippen molar-refractivity contribution in [2.75, 3.05) is 27.7 Å². The van der Waals surface area contributed by atoms with Crippen molar-refractivity contribution in [3.8, 4) is 0 Å². The lowest BCUT2D eigenvalue weighted by atomic mass is 10.1. The molecule has 0 amide bonds. The van der Waals surface area contributed by atoms with Gasteiger partial charge in [0.15, 0.2) is 0 Å². The molecule has 2 rings (SSSR count). The Labute approximate surface area is 149 Å².